The van der Waals surface area contributed by atoms with E-state index in [2.05, 4.69) is 20.8 Å². The van der Waals surface area contributed by atoms with E-state index >= 15 is 0 Å². The maximum atomic E-state index is 5.21. The lowest BCUT2D eigenvalue weighted by Gasteiger charge is -2.12. The number of pyridine rings is 1. The lowest BCUT2D eigenvalue weighted by atomic mass is 10.2. The summed E-state index contributed by atoms with van der Waals surface area (Å²) in [5.41, 5.74) is 1.68. The fourth-order valence-corrected chi connectivity index (χ4v) is 2.11. The average molecular weight is 218 g/mol. The van der Waals surface area contributed by atoms with Crippen molar-refractivity contribution in [2.75, 3.05) is 18.4 Å². The minimum Gasteiger partial charge on any atom is -0.365 e. The van der Waals surface area contributed by atoms with E-state index in [1.807, 2.05) is 13.0 Å². The summed E-state index contributed by atoms with van der Waals surface area (Å²) in [6, 6.07) is 2.29. The van der Waals surface area contributed by atoms with Gasteiger partial charge in [-0.2, -0.15) is 0 Å². The van der Waals surface area contributed by atoms with Crippen molar-refractivity contribution in [3.63, 3.8) is 0 Å². The first-order valence-electron chi connectivity index (χ1n) is 5.53. The smallest absolute Gasteiger partial charge is 0.172 e. The predicted molar refractivity (Wildman–Crippen MR) is 61.4 cm³/mol. The molecule has 0 spiro atoms. The minimum absolute atomic E-state index is 0.451. The van der Waals surface area contributed by atoms with Crippen LogP contribution in [-0.2, 0) is 0 Å². The molecular weight excluding hydrogens is 204 g/mol. The second kappa shape index (κ2) is 3.75. The molecule has 1 aliphatic heterocycles. The van der Waals surface area contributed by atoms with Gasteiger partial charge in [-0.05, 0) is 19.9 Å². The average Bonchev–Trinajstić information content (AvgIpc) is 2.90. The maximum Gasteiger partial charge on any atom is 0.172 e. The molecule has 16 heavy (non-hydrogen) atoms. The van der Waals surface area contributed by atoms with Gasteiger partial charge < -0.3 is 15.2 Å². The van der Waals surface area contributed by atoms with Crippen molar-refractivity contribution in [2.24, 2.45) is 0 Å². The summed E-state index contributed by atoms with van der Waals surface area (Å²) in [6.07, 6.45) is 2.88. The molecule has 1 atom stereocenters. The lowest BCUT2D eigenvalue weighted by molar-refractivity contribution is 0.450. The van der Waals surface area contributed by atoms with Crippen LogP contribution in [0.5, 0.6) is 0 Å². The molecule has 0 aliphatic carbocycles. The quantitative estimate of drug-likeness (QED) is 0.795. The Balaban J connectivity index is 1.98. The third-order valence-corrected chi connectivity index (χ3v) is 2.96. The van der Waals surface area contributed by atoms with E-state index in [4.69, 9.17) is 4.52 Å². The molecule has 0 aromatic carbocycles. The molecule has 1 saturated heterocycles. The highest BCUT2D eigenvalue weighted by Crippen LogP contribution is 2.25. The highest BCUT2D eigenvalue weighted by atomic mass is 16.5. The SMILES string of the molecule is Cc1noc2ccnc(NC3CCNC3)c12. The van der Waals surface area contributed by atoms with Crippen molar-refractivity contribution in [2.45, 2.75) is 19.4 Å². The van der Waals surface area contributed by atoms with Crippen molar-refractivity contribution in [1.29, 1.82) is 0 Å². The zero-order chi connectivity index (χ0) is 11.0. The molecule has 3 heterocycles. The number of rotatable bonds is 2. The minimum atomic E-state index is 0.451. The second-order valence-electron chi connectivity index (χ2n) is 4.13. The maximum absolute atomic E-state index is 5.21. The van der Waals surface area contributed by atoms with Crippen molar-refractivity contribution in [3.8, 4) is 0 Å². The summed E-state index contributed by atoms with van der Waals surface area (Å²) in [4.78, 5) is 4.36. The molecule has 2 aromatic heterocycles. The first kappa shape index (κ1) is 9.59. The Labute approximate surface area is 93.2 Å². The standard InChI is InChI=1S/C11H14N4O/c1-7-10-9(16-15-7)3-5-13-11(10)14-8-2-4-12-6-8/h3,5,8,12H,2,4,6H2,1H3,(H,13,14). The van der Waals surface area contributed by atoms with Crippen LogP contribution in [0.15, 0.2) is 16.8 Å². The van der Waals surface area contributed by atoms with Gasteiger partial charge in [0.15, 0.2) is 5.58 Å². The van der Waals surface area contributed by atoms with Crippen LogP contribution in [0.4, 0.5) is 5.82 Å². The second-order valence-corrected chi connectivity index (χ2v) is 4.13. The first-order chi connectivity index (χ1) is 7.84. The number of nitrogens with zero attached hydrogens (tertiary/aromatic N) is 2. The van der Waals surface area contributed by atoms with Crippen molar-refractivity contribution in [3.05, 3.63) is 18.0 Å². The van der Waals surface area contributed by atoms with E-state index in [0.29, 0.717) is 6.04 Å². The van der Waals surface area contributed by atoms with E-state index in [0.717, 1.165) is 42.0 Å². The van der Waals surface area contributed by atoms with Crippen LogP contribution in [-0.4, -0.2) is 29.3 Å². The molecule has 0 bridgehead atoms. The Bertz CT molecular complexity index is 502. The predicted octanol–water partition coefficient (Wildman–Crippen LogP) is 1.31. The molecule has 3 rings (SSSR count). The topological polar surface area (TPSA) is 63.0 Å². The number of nitrogens with one attached hydrogen (secondary N) is 2. The van der Waals surface area contributed by atoms with Crippen molar-refractivity contribution in [1.82, 2.24) is 15.5 Å². The summed E-state index contributed by atoms with van der Waals surface area (Å²) >= 11 is 0. The van der Waals surface area contributed by atoms with E-state index in [9.17, 15) is 0 Å². The molecule has 0 radical (unpaired) electrons. The number of aryl methyl sites for hydroxylation is 1. The van der Waals surface area contributed by atoms with Gasteiger partial charge in [0.1, 0.15) is 5.82 Å². The zero-order valence-corrected chi connectivity index (χ0v) is 9.16. The molecule has 2 N–H and O–H groups in total. The van der Waals surface area contributed by atoms with Gasteiger partial charge in [-0.15, -0.1) is 0 Å². The number of anilines is 1. The summed E-state index contributed by atoms with van der Waals surface area (Å²) in [6.45, 7) is 3.99. The largest absolute Gasteiger partial charge is 0.365 e. The number of aromatic nitrogens is 2. The third kappa shape index (κ3) is 1.53. The van der Waals surface area contributed by atoms with E-state index < -0.39 is 0 Å². The Hall–Kier alpha value is -1.62. The fraction of sp³-hybridized carbons (Fsp3) is 0.455. The van der Waals surface area contributed by atoms with Crippen LogP contribution >= 0.6 is 0 Å². The molecule has 0 saturated carbocycles. The van der Waals surface area contributed by atoms with Crippen molar-refractivity contribution >= 4 is 16.8 Å². The monoisotopic (exact) mass is 218 g/mol. The number of hydrogen-bond donors (Lipinski definition) is 2. The first-order valence-corrected chi connectivity index (χ1v) is 5.53. The van der Waals surface area contributed by atoms with Crippen molar-refractivity contribution < 1.29 is 4.52 Å². The number of hydrogen-bond acceptors (Lipinski definition) is 5. The Morgan fingerprint density at radius 1 is 1.56 bits per heavy atom. The highest BCUT2D eigenvalue weighted by molar-refractivity contribution is 5.89. The molecule has 2 aromatic rings. The highest BCUT2D eigenvalue weighted by Gasteiger charge is 2.17. The molecule has 1 unspecified atom stereocenters. The van der Waals surface area contributed by atoms with Gasteiger partial charge in [0.25, 0.3) is 0 Å². The van der Waals surface area contributed by atoms with E-state index in [1.165, 1.54) is 0 Å². The molecule has 84 valence electrons. The van der Waals surface area contributed by atoms with E-state index in [1.54, 1.807) is 6.20 Å². The normalized spacial score (nSPS) is 20.4. The molecule has 0 amide bonds. The van der Waals surface area contributed by atoms with Crippen LogP contribution < -0.4 is 10.6 Å². The zero-order valence-electron chi connectivity index (χ0n) is 9.16. The molecule has 1 fully saturated rings. The van der Waals surface area contributed by atoms with Crippen LogP contribution in [0.3, 0.4) is 0 Å². The van der Waals surface area contributed by atoms with Gasteiger partial charge >= 0.3 is 0 Å². The van der Waals surface area contributed by atoms with Gasteiger partial charge in [0, 0.05) is 24.8 Å². The van der Waals surface area contributed by atoms with E-state index in [-0.39, 0.29) is 0 Å². The number of fused-ring (bicyclic) bond motifs is 1. The van der Waals surface area contributed by atoms with Gasteiger partial charge in [-0.3, -0.25) is 0 Å². The van der Waals surface area contributed by atoms with Gasteiger partial charge in [-0.25, -0.2) is 4.98 Å². The Morgan fingerprint density at radius 3 is 3.31 bits per heavy atom. The third-order valence-electron chi connectivity index (χ3n) is 2.96. The molecular formula is C11H14N4O. The van der Waals surface area contributed by atoms with Crippen LogP contribution in [0.25, 0.3) is 11.0 Å². The molecule has 5 heteroatoms. The van der Waals surface area contributed by atoms with Crippen LogP contribution in [0.1, 0.15) is 12.1 Å². The molecule has 1 aliphatic rings. The summed E-state index contributed by atoms with van der Waals surface area (Å²) in [5, 5.41) is 11.7. The van der Waals surface area contributed by atoms with Gasteiger partial charge in [-0.1, -0.05) is 5.16 Å². The summed E-state index contributed by atoms with van der Waals surface area (Å²) < 4.78 is 5.21. The van der Waals surface area contributed by atoms with Crippen LogP contribution in [0.2, 0.25) is 0 Å². The summed E-state index contributed by atoms with van der Waals surface area (Å²) in [5.74, 6) is 0.880. The molecule has 5 nitrogen and oxygen atoms in total. The Kier molecular flexibility index (Phi) is 2.25. The van der Waals surface area contributed by atoms with Gasteiger partial charge in [0.05, 0.1) is 11.1 Å². The lowest BCUT2D eigenvalue weighted by Crippen LogP contribution is -2.22. The van der Waals surface area contributed by atoms with Crippen LogP contribution in [0, 0.1) is 6.92 Å². The fourth-order valence-electron chi connectivity index (χ4n) is 2.11. The Morgan fingerprint density at radius 2 is 2.50 bits per heavy atom. The summed E-state index contributed by atoms with van der Waals surface area (Å²) in [7, 11) is 0. The van der Waals surface area contributed by atoms with Gasteiger partial charge in [0.2, 0.25) is 0 Å².